The van der Waals surface area contributed by atoms with Gasteiger partial charge in [0.1, 0.15) is 0 Å². The molecule has 0 amide bonds. The molecular formula is C16H14Br2Cl2N2Na2O8P2. The number of halogens is 4. The number of aromatic nitrogens is 2. The summed E-state index contributed by atoms with van der Waals surface area (Å²) in [6.07, 6.45) is 2.70. The Balaban J connectivity index is 0. The zero-order valence-corrected chi connectivity index (χ0v) is 27.8. The zero-order chi connectivity index (χ0) is 23.8. The smallest absolute Gasteiger partial charge is 1.00 e. The van der Waals surface area contributed by atoms with Gasteiger partial charge in [0.25, 0.3) is 0 Å². The number of hydrogen-bond acceptors (Lipinski definition) is 4. The fourth-order valence-electron chi connectivity index (χ4n) is 2.65. The van der Waals surface area contributed by atoms with Crippen molar-refractivity contribution in [1.82, 2.24) is 9.97 Å². The van der Waals surface area contributed by atoms with Crippen molar-refractivity contribution in [3.05, 3.63) is 55.6 Å². The Morgan fingerprint density at radius 2 is 1.06 bits per heavy atom. The fourth-order valence-corrected chi connectivity index (χ4v) is 4.63. The van der Waals surface area contributed by atoms with Gasteiger partial charge < -0.3 is 21.9 Å². The van der Waals surface area contributed by atoms with Gasteiger partial charge in [0.2, 0.25) is 0 Å². The van der Waals surface area contributed by atoms with Gasteiger partial charge in [-0.15, -0.1) is 0 Å². The first-order valence-electron chi connectivity index (χ1n) is 8.17. The minimum atomic E-state index is -4.59. The molecule has 0 aliphatic rings. The molecular weight excluding hydrogens is 687 g/mol. The number of phosphoric ester groups is 2. The number of H-pyrrole nitrogens is 2. The maximum atomic E-state index is 10.7. The van der Waals surface area contributed by atoms with Crippen molar-refractivity contribution in [2.75, 3.05) is 0 Å². The van der Waals surface area contributed by atoms with Crippen LogP contribution in [0.4, 0.5) is 0 Å². The predicted molar refractivity (Wildman–Crippen MR) is 130 cm³/mol. The van der Waals surface area contributed by atoms with E-state index in [2.05, 4.69) is 50.9 Å². The summed E-state index contributed by atoms with van der Waals surface area (Å²) in [5.41, 5.74) is 1.27. The zero-order valence-electron chi connectivity index (χ0n) is 19.3. The number of benzene rings is 2. The molecule has 34 heavy (non-hydrogen) atoms. The average molecular weight is 701 g/mol. The van der Waals surface area contributed by atoms with Gasteiger partial charge in [0.15, 0.2) is 11.5 Å². The predicted octanol–water partition coefficient (Wildman–Crippen LogP) is 0.344. The molecule has 0 fully saturated rings. The Labute approximate surface area is 266 Å². The van der Waals surface area contributed by atoms with Crippen molar-refractivity contribution >= 4 is 92.5 Å². The second kappa shape index (κ2) is 13.2. The van der Waals surface area contributed by atoms with Gasteiger partial charge in [-0.2, -0.15) is 0 Å². The summed E-state index contributed by atoms with van der Waals surface area (Å²) >= 11 is 18.4. The van der Waals surface area contributed by atoms with Crippen LogP contribution in [-0.2, 0) is 9.13 Å². The van der Waals surface area contributed by atoms with Gasteiger partial charge in [-0.3, -0.25) is 19.6 Å². The van der Waals surface area contributed by atoms with E-state index < -0.39 is 15.6 Å². The molecule has 0 spiro atoms. The molecule has 10 nitrogen and oxygen atoms in total. The van der Waals surface area contributed by atoms with Gasteiger partial charge >= 0.3 is 74.8 Å². The Bertz CT molecular complexity index is 1310. The van der Waals surface area contributed by atoms with Gasteiger partial charge in [-0.05, 0) is 56.1 Å². The molecule has 0 atom stereocenters. The number of fused-ring (bicyclic) bond motifs is 2. The Morgan fingerprint density at radius 1 is 0.735 bits per heavy atom. The van der Waals surface area contributed by atoms with Crippen LogP contribution in [0.15, 0.2) is 45.6 Å². The van der Waals surface area contributed by atoms with Crippen LogP contribution in [-0.4, -0.2) is 29.5 Å². The van der Waals surface area contributed by atoms with E-state index >= 15 is 0 Å². The van der Waals surface area contributed by atoms with Crippen LogP contribution in [0, 0.1) is 0 Å². The maximum absolute atomic E-state index is 10.7. The van der Waals surface area contributed by atoms with E-state index in [4.69, 9.17) is 42.8 Å². The quantitative estimate of drug-likeness (QED) is 0.131. The van der Waals surface area contributed by atoms with E-state index in [0.717, 1.165) is 0 Å². The molecule has 0 aliphatic carbocycles. The molecule has 0 bridgehead atoms. The summed E-state index contributed by atoms with van der Waals surface area (Å²) in [7, 11) is -9.18. The molecule has 0 unspecified atom stereocenters. The number of phosphoric acid groups is 2. The van der Waals surface area contributed by atoms with Crippen LogP contribution in [0.2, 0.25) is 10.0 Å². The average Bonchev–Trinajstić information content (AvgIpc) is 3.24. The van der Waals surface area contributed by atoms with Crippen LogP contribution in [0.1, 0.15) is 2.85 Å². The molecule has 0 aliphatic heterocycles. The van der Waals surface area contributed by atoms with Gasteiger partial charge in [0, 0.05) is 21.3 Å². The van der Waals surface area contributed by atoms with E-state index in [1.165, 1.54) is 12.4 Å². The summed E-state index contributed by atoms with van der Waals surface area (Å²) in [6, 6.07) is 6.89. The second-order valence-electron chi connectivity index (χ2n) is 6.04. The van der Waals surface area contributed by atoms with Crippen LogP contribution in [0.5, 0.6) is 11.5 Å². The van der Waals surface area contributed by atoms with E-state index in [1.54, 1.807) is 24.3 Å². The summed E-state index contributed by atoms with van der Waals surface area (Å²) in [5.74, 6) is 0.0456. The fraction of sp³-hybridized carbons (Fsp3) is 0. The summed E-state index contributed by atoms with van der Waals surface area (Å²) in [6.45, 7) is 0. The molecule has 4 rings (SSSR count). The van der Waals surface area contributed by atoms with E-state index in [0.29, 0.717) is 40.8 Å². The van der Waals surface area contributed by atoms with Gasteiger partial charge in [-0.1, -0.05) is 23.2 Å². The standard InChI is InChI=1S/2C8H6BrClNO4P.2Na.2H/c2*9-4-1-2-5-7(8(4)10)6(3-11-5)15-16(12,13)14;;;;/h2*1-3,11H,(H2,12,13,14);;;;/q;;2*+1;2*-1. The Kier molecular flexibility index (Phi) is 12.8. The van der Waals surface area contributed by atoms with E-state index in [1.807, 2.05) is 0 Å². The number of nitrogens with one attached hydrogen (secondary N) is 2. The first kappa shape index (κ1) is 33.0. The van der Waals surface area contributed by atoms with Crippen molar-refractivity contribution < 1.29 is 99.7 Å². The maximum Gasteiger partial charge on any atom is 1.00 e. The van der Waals surface area contributed by atoms with Crippen molar-refractivity contribution in [2.24, 2.45) is 0 Å². The minimum absolute atomic E-state index is 0. The third-order valence-electron chi connectivity index (χ3n) is 3.83. The molecule has 176 valence electrons. The van der Waals surface area contributed by atoms with Crippen LogP contribution >= 0.6 is 70.7 Å². The summed E-state index contributed by atoms with van der Waals surface area (Å²) < 4.78 is 31.8. The number of hydrogen-bond donors (Lipinski definition) is 6. The molecule has 0 saturated carbocycles. The third kappa shape index (κ3) is 8.49. The molecule has 2 heterocycles. The molecule has 2 aromatic heterocycles. The summed E-state index contributed by atoms with van der Waals surface area (Å²) in [5, 5.41) is 1.53. The van der Waals surface area contributed by atoms with Crippen LogP contribution in [0.25, 0.3) is 21.8 Å². The SMILES string of the molecule is O=P(O)(O)Oc1c[nH]c2ccc(Br)c(Cl)c12.O=P(O)(O)Oc1c[nH]c2ccc(Br)c(Cl)c12.[H-].[H-].[Na+].[Na+]. The molecule has 0 saturated heterocycles. The molecule has 6 N–H and O–H groups in total. The first-order valence-corrected chi connectivity index (χ1v) is 13.6. The van der Waals surface area contributed by atoms with Gasteiger partial charge in [0.05, 0.1) is 31.9 Å². The third-order valence-corrected chi connectivity index (χ3v) is 7.27. The largest absolute Gasteiger partial charge is 1.00 e. The molecule has 18 heteroatoms. The molecule has 4 aromatic rings. The van der Waals surface area contributed by atoms with Crippen molar-refractivity contribution in [2.45, 2.75) is 0 Å². The Hall–Kier alpha value is 0.960. The number of rotatable bonds is 4. The van der Waals surface area contributed by atoms with Crippen molar-refractivity contribution in [3.8, 4) is 11.5 Å². The van der Waals surface area contributed by atoms with Crippen molar-refractivity contribution in [1.29, 1.82) is 0 Å². The van der Waals surface area contributed by atoms with E-state index in [9.17, 15) is 9.13 Å². The van der Waals surface area contributed by atoms with Crippen LogP contribution in [0.3, 0.4) is 0 Å². The van der Waals surface area contributed by atoms with E-state index in [-0.39, 0.29) is 73.5 Å². The molecule has 2 aromatic carbocycles. The van der Waals surface area contributed by atoms with Crippen molar-refractivity contribution in [3.63, 3.8) is 0 Å². The summed E-state index contributed by atoms with van der Waals surface area (Å²) in [4.78, 5) is 40.5. The number of aromatic amines is 2. The second-order valence-corrected chi connectivity index (χ2v) is 10.8. The first-order chi connectivity index (χ1) is 14.8. The molecule has 0 radical (unpaired) electrons. The normalized spacial score (nSPS) is 11.3. The van der Waals surface area contributed by atoms with Crippen LogP contribution < -0.4 is 68.2 Å². The topological polar surface area (TPSA) is 165 Å². The van der Waals surface area contributed by atoms with Gasteiger partial charge in [-0.25, -0.2) is 9.13 Å². The Morgan fingerprint density at radius 3 is 1.35 bits per heavy atom. The monoisotopic (exact) mass is 698 g/mol. The minimum Gasteiger partial charge on any atom is -1.00 e.